The Labute approximate surface area is 171 Å². The fraction of sp³-hybridized carbons (Fsp3) is 0.364. The summed E-state index contributed by atoms with van der Waals surface area (Å²) < 4.78 is 48.0. The van der Waals surface area contributed by atoms with E-state index in [0.717, 1.165) is 0 Å². The molecule has 3 aliphatic rings. The Morgan fingerprint density at radius 3 is 2.67 bits per heavy atom. The first-order valence-corrected chi connectivity index (χ1v) is 9.80. The Kier molecular flexibility index (Phi) is 3.94. The minimum atomic E-state index is -2.86. The minimum Gasteiger partial charge on any atom is -0.489 e. The van der Waals surface area contributed by atoms with Crippen LogP contribution in [0.2, 0.25) is 0 Å². The molecule has 8 heteroatoms. The van der Waals surface area contributed by atoms with Crippen LogP contribution in [0.1, 0.15) is 24.8 Å². The Bertz CT molecular complexity index is 1090. The van der Waals surface area contributed by atoms with Gasteiger partial charge in [0.25, 0.3) is 11.8 Å². The Balaban J connectivity index is 1.71. The topological polar surface area (TPSA) is 67.9 Å². The quantitative estimate of drug-likeness (QED) is 0.773. The monoisotopic (exact) mass is 415 g/mol. The highest BCUT2D eigenvalue weighted by Gasteiger charge is 2.62. The van der Waals surface area contributed by atoms with Crippen LogP contribution in [-0.4, -0.2) is 35.8 Å². The van der Waals surface area contributed by atoms with Gasteiger partial charge < -0.3 is 10.5 Å². The molecule has 5 nitrogen and oxygen atoms in total. The Morgan fingerprint density at radius 2 is 1.97 bits per heavy atom. The van der Waals surface area contributed by atoms with Gasteiger partial charge in [-0.3, -0.25) is 9.69 Å². The van der Waals surface area contributed by atoms with E-state index in [-0.39, 0.29) is 30.5 Å². The van der Waals surface area contributed by atoms with Crippen LogP contribution >= 0.6 is 0 Å². The van der Waals surface area contributed by atoms with Crippen LogP contribution in [0.15, 0.2) is 47.5 Å². The SMILES string of the molecule is CN1C(=O)C2(N=C1N)c1cc(-c3cccc(F)c3)ccc1OC1CC(F)(F)CCC12. The normalized spacial score (nSPS) is 29.3. The van der Waals surface area contributed by atoms with Crippen molar-refractivity contribution in [3.63, 3.8) is 0 Å². The number of hydrogen-bond acceptors (Lipinski definition) is 4. The molecule has 3 atom stereocenters. The number of fused-ring (bicyclic) bond motifs is 4. The average Bonchev–Trinajstić information content (AvgIpc) is 2.92. The highest BCUT2D eigenvalue weighted by atomic mass is 19.3. The Hall–Kier alpha value is -3.03. The highest BCUT2D eigenvalue weighted by molar-refractivity contribution is 6.07. The molecule has 1 aliphatic carbocycles. The van der Waals surface area contributed by atoms with Gasteiger partial charge in [-0.1, -0.05) is 18.2 Å². The van der Waals surface area contributed by atoms with Crippen LogP contribution in [0.5, 0.6) is 5.75 Å². The molecule has 1 fully saturated rings. The summed E-state index contributed by atoms with van der Waals surface area (Å²) in [5.41, 5.74) is 6.35. The second-order valence-corrected chi connectivity index (χ2v) is 8.18. The van der Waals surface area contributed by atoms with E-state index >= 15 is 0 Å². The van der Waals surface area contributed by atoms with E-state index in [1.165, 1.54) is 24.1 Å². The summed E-state index contributed by atoms with van der Waals surface area (Å²) in [5.74, 6) is -3.80. The molecular weight excluding hydrogens is 395 g/mol. The smallest absolute Gasteiger partial charge is 0.262 e. The molecule has 5 rings (SSSR count). The van der Waals surface area contributed by atoms with Gasteiger partial charge in [0.1, 0.15) is 17.7 Å². The van der Waals surface area contributed by atoms with Crippen molar-refractivity contribution in [2.75, 3.05) is 7.05 Å². The molecule has 3 unspecified atom stereocenters. The molecule has 1 spiro atoms. The highest BCUT2D eigenvalue weighted by Crippen LogP contribution is 2.55. The predicted molar refractivity (Wildman–Crippen MR) is 105 cm³/mol. The molecule has 2 aliphatic heterocycles. The van der Waals surface area contributed by atoms with E-state index in [9.17, 15) is 18.0 Å². The maximum atomic E-state index is 14.1. The number of alkyl halides is 2. The zero-order valence-corrected chi connectivity index (χ0v) is 16.2. The molecule has 0 aromatic heterocycles. The predicted octanol–water partition coefficient (Wildman–Crippen LogP) is 3.67. The second-order valence-electron chi connectivity index (χ2n) is 8.18. The molecule has 0 bridgehead atoms. The summed E-state index contributed by atoms with van der Waals surface area (Å²) in [7, 11) is 1.52. The second kappa shape index (κ2) is 6.23. The summed E-state index contributed by atoms with van der Waals surface area (Å²) in [6, 6.07) is 11.2. The molecule has 156 valence electrons. The van der Waals surface area contributed by atoms with Gasteiger partial charge in [-0.15, -0.1) is 0 Å². The van der Waals surface area contributed by atoms with Crippen molar-refractivity contribution in [3.8, 4) is 16.9 Å². The van der Waals surface area contributed by atoms with Crippen molar-refractivity contribution in [3.05, 3.63) is 53.8 Å². The first-order valence-electron chi connectivity index (χ1n) is 9.80. The lowest BCUT2D eigenvalue weighted by Gasteiger charge is -2.47. The molecule has 2 heterocycles. The van der Waals surface area contributed by atoms with Crippen molar-refractivity contribution in [2.24, 2.45) is 16.6 Å². The van der Waals surface area contributed by atoms with Gasteiger partial charge in [-0.25, -0.2) is 18.2 Å². The van der Waals surface area contributed by atoms with E-state index < -0.39 is 29.9 Å². The number of likely N-dealkylation sites (N-methyl/N-ethyl adjacent to an activating group) is 1. The number of hydrogen-bond donors (Lipinski definition) is 1. The largest absolute Gasteiger partial charge is 0.489 e. The lowest BCUT2D eigenvalue weighted by atomic mass is 9.66. The summed E-state index contributed by atoms with van der Waals surface area (Å²) in [5, 5.41) is 0. The molecule has 1 amide bonds. The standard InChI is InChI=1S/C22H20F3N3O2/c1-28-19(29)22(27-20(28)26)15-7-8-21(24,25)11-18(15)30-17-6-5-13(10-16(17)22)12-3-2-4-14(23)9-12/h2-6,9-10,15,18H,7-8,11H2,1H3,(H2,26,27). The van der Waals surface area contributed by atoms with Crippen LogP contribution in [-0.2, 0) is 10.3 Å². The van der Waals surface area contributed by atoms with Crippen LogP contribution in [0, 0.1) is 11.7 Å². The van der Waals surface area contributed by atoms with Gasteiger partial charge in [0, 0.05) is 31.4 Å². The molecule has 30 heavy (non-hydrogen) atoms. The van der Waals surface area contributed by atoms with E-state index in [1.807, 2.05) is 0 Å². The van der Waals surface area contributed by atoms with Crippen LogP contribution < -0.4 is 10.5 Å². The number of guanidine groups is 1. The van der Waals surface area contributed by atoms with E-state index in [0.29, 0.717) is 22.4 Å². The maximum Gasteiger partial charge on any atom is 0.262 e. The number of amides is 1. The van der Waals surface area contributed by atoms with E-state index in [2.05, 4.69) is 4.99 Å². The van der Waals surface area contributed by atoms with E-state index in [1.54, 1.807) is 30.3 Å². The summed E-state index contributed by atoms with van der Waals surface area (Å²) >= 11 is 0. The van der Waals surface area contributed by atoms with Gasteiger partial charge in [0.2, 0.25) is 0 Å². The third-order valence-electron chi connectivity index (χ3n) is 6.40. The lowest BCUT2D eigenvalue weighted by molar-refractivity contribution is -0.145. The lowest BCUT2D eigenvalue weighted by Crippen LogP contribution is -2.56. The molecule has 0 radical (unpaired) electrons. The molecule has 2 aromatic carbocycles. The molecular formula is C22H20F3N3O2. The molecule has 2 aromatic rings. The summed E-state index contributed by atoms with van der Waals surface area (Å²) in [6.07, 6.45) is -1.59. The van der Waals surface area contributed by atoms with Gasteiger partial charge in [0.15, 0.2) is 11.5 Å². The summed E-state index contributed by atoms with van der Waals surface area (Å²) in [6.45, 7) is 0. The number of nitrogens with zero attached hydrogens (tertiary/aromatic N) is 2. The number of carbonyl (C=O) groups excluding carboxylic acids is 1. The Morgan fingerprint density at radius 1 is 1.20 bits per heavy atom. The van der Waals surface area contributed by atoms with Crippen molar-refractivity contribution in [2.45, 2.75) is 36.8 Å². The number of ether oxygens (including phenoxy) is 1. The van der Waals surface area contributed by atoms with Gasteiger partial charge >= 0.3 is 0 Å². The van der Waals surface area contributed by atoms with Gasteiger partial charge in [-0.05, 0) is 41.8 Å². The number of halogens is 3. The molecule has 1 saturated carbocycles. The van der Waals surface area contributed by atoms with Crippen molar-refractivity contribution < 1.29 is 22.7 Å². The van der Waals surface area contributed by atoms with Crippen LogP contribution in [0.3, 0.4) is 0 Å². The first-order chi connectivity index (χ1) is 14.2. The fourth-order valence-electron chi connectivity index (χ4n) is 4.91. The molecule has 2 N–H and O–H groups in total. The number of nitrogens with two attached hydrogens (primary N) is 1. The van der Waals surface area contributed by atoms with Crippen LogP contribution in [0.4, 0.5) is 13.2 Å². The fourth-order valence-corrected chi connectivity index (χ4v) is 4.91. The number of carbonyl (C=O) groups is 1. The first kappa shape index (κ1) is 19.0. The third kappa shape index (κ3) is 2.62. The number of aliphatic imine (C=N–C) groups is 1. The maximum absolute atomic E-state index is 14.1. The minimum absolute atomic E-state index is 0.0418. The summed E-state index contributed by atoms with van der Waals surface area (Å²) in [4.78, 5) is 19.2. The average molecular weight is 415 g/mol. The van der Waals surface area contributed by atoms with Gasteiger partial charge in [0.05, 0.1) is 0 Å². The molecule has 0 saturated heterocycles. The number of rotatable bonds is 1. The zero-order chi connectivity index (χ0) is 21.3. The van der Waals surface area contributed by atoms with Crippen LogP contribution in [0.25, 0.3) is 11.1 Å². The van der Waals surface area contributed by atoms with Crippen molar-refractivity contribution >= 4 is 11.9 Å². The van der Waals surface area contributed by atoms with Gasteiger partial charge in [-0.2, -0.15) is 0 Å². The third-order valence-corrected chi connectivity index (χ3v) is 6.40. The van der Waals surface area contributed by atoms with E-state index in [4.69, 9.17) is 10.5 Å². The zero-order valence-electron chi connectivity index (χ0n) is 16.2. The van der Waals surface area contributed by atoms with Crippen molar-refractivity contribution in [1.29, 1.82) is 0 Å². The van der Waals surface area contributed by atoms with Crippen molar-refractivity contribution in [1.82, 2.24) is 4.90 Å². The number of benzene rings is 2.